The standard InChI is InChI=1S/C12H9FN2O/c1-7-3-9(13)4-10-11(7)15(2)6-8(5-14)12(10)16/h3-4,6H,1-2H3. The Morgan fingerprint density at radius 1 is 1.44 bits per heavy atom. The van der Waals surface area contributed by atoms with Gasteiger partial charge >= 0.3 is 0 Å². The third-order valence-corrected chi connectivity index (χ3v) is 2.55. The quantitative estimate of drug-likeness (QED) is 0.674. The van der Waals surface area contributed by atoms with Crippen LogP contribution in [0.15, 0.2) is 23.1 Å². The van der Waals surface area contributed by atoms with Crippen LogP contribution in [0.25, 0.3) is 10.9 Å². The number of hydrogen-bond donors (Lipinski definition) is 0. The molecule has 0 aliphatic rings. The van der Waals surface area contributed by atoms with Gasteiger partial charge in [-0.25, -0.2) is 4.39 Å². The smallest absolute Gasteiger partial charge is 0.207 e. The highest BCUT2D eigenvalue weighted by molar-refractivity contribution is 5.83. The lowest BCUT2D eigenvalue weighted by atomic mass is 10.1. The summed E-state index contributed by atoms with van der Waals surface area (Å²) in [5.41, 5.74) is 0.947. The lowest BCUT2D eigenvalue weighted by Gasteiger charge is -2.08. The zero-order chi connectivity index (χ0) is 11.9. The van der Waals surface area contributed by atoms with Crippen molar-refractivity contribution in [2.45, 2.75) is 6.92 Å². The van der Waals surface area contributed by atoms with Crippen molar-refractivity contribution in [3.63, 3.8) is 0 Å². The maximum atomic E-state index is 13.2. The monoisotopic (exact) mass is 216 g/mol. The molecular weight excluding hydrogens is 207 g/mol. The average molecular weight is 216 g/mol. The van der Waals surface area contributed by atoms with E-state index in [0.29, 0.717) is 11.1 Å². The molecule has 0 radical (unpaired) electrons. The number of nitrogens with zero attached hydrogens (tertiary/aromatic N) is 2. The van der Waals surface area contributed by atoms with Crippen LogP contribution < -0.4 is 5.43 Å². The van der Waals surface area contributed by atoms with Crippen LogP contribution in [0.3, 0.4) is 0 Å². The SMILES string of the molecule is Cc1cc(F)cc2c(=O)c(C#N)cn(C)c12. The van der Waals surface area contributed by atoms with E-state index >= 15 is 0 Å². The maximum absolute atomic E-state index is 13.2. The van der Waals surface area contributed by atoms with Crippen molar-refractivity contribution in [1.29, 1.82) is 5.26 Å². The lowest BCUT2D eigenvalue weighted by Crippen LogP contribution is -2.12. The number of rotatable bonds is 0. The third-order valence-electron chi connectivity index (χ3n) is 2.55. The number of aryl methyl sites for hydroxylation is 2. The van der Waals surface area contributed by atoms with Gasteiger partial charge in [0.1, 0.15) is 17.4 Å². The van der Waals surface area contributed by atoms with Gasteiger partial charge < -0.3 is 4.57 Å². The van der Waals surface area contributed by atoms with Gasteiger partial charge in [0.2, 0.25) is 5.43 Å². The first-order valence-electron chi connectivity index (χ1n) is 4.74. The van der Waals surface area contributed by atoms with Gasteiger partial charge in [-0.3, -0.25) is 4.79 Å². The van der Waals surface area contributed by atoms with E-state index in [1.807, 2.05) is 6.07 Å². The largest absolute Gasteiger partial charge is 0.349 e. The molecular formula is C12H9FN2O. The molecule has 0 saturated carbocycles. The molecule has 0 unspecified atom stereocenters. The number of aromatic nitrogens is 1. The van der Waals surface area contributed by atoms with Crippen LogP contribution in [-0.2, 0) is 7.05 Å². The van der Waals surface area contributed by atoms with Gasteiger partial charge in [-0.1, -0.05) is 0 Å². The zero-order valence-electron chi connectivity index (χ0n) is 8.91. The van der Waals surface area contributed by atoms with E-state index in [1.165, 1.54) is 18.3 Å². The molecule has 0 atom stereocenters. The molecule has 1 aromatic heterocycles. The average Bonchev–Trinajstić information content (AvgIpc) is 2.22. The normalized spacial score (nSPS) is 10.4. The Labute approximate surface area is 91.4 Å². The maximum Gasteiger partial charge on any atom is 0.207 e. The van der Waals surface area contributed by atoms with Gasteiger partial charge in [0.05, 0.1) is 10.9 Å². The van der Waals surface area contributed by atoms with Crippen LogP contribution in [-0.4, -0.2) is 4.57 Å². The molecule has 4 heteroatoms. The second-order valence-corrected chi connectivity index (χ2v) is 3.71. The summed E-state index contributed by atoms with van der Waals surface area (Å²) in [6.45, 7) is 1.73. The predicted octanol–water partition coefficient (Wildman–Crippen LogP) is 1.86. The molecule has 80 valence electrons. The van der Waals surface area contributed by atoms with Crippen molar-refractivity contribution in [1.82, 2.24) is 4.57 Å². The Balaban J connectivity index is 3.10. The molecule has 2 rings (SSSR count). The summed E-state index contributed by atoms with van der Waals surface area (Å²) >= 11 is 0. The molecule has 0 saturated heterocycles. The second-order valence-electron chi connectivity index (χ2n) is 3.71. The van der Waals surface area contributed by atoms with E-state index in [9.17, 15) is 9.18 Å². The number of hydrogen-bond acceptors (Lipinski definition) is 2. The van der Waals surface area contributed by atoms with Crippen LogP contribution in [0.1, 0.15) is 11.1 Å². The number of halogens is 1. The van der Waals surface area contributed by atoms with E-state index in [0.717, 1.165) is 0 Å². The number of pyridine rings is 1. The summed E-state index contributed by atoms with van der Waals surface area (Å²) in [6, 6.07) is 4.35. The fourth-order valence-electron chi connectivity index (χ4n) is 1.92. The molecule has 16 heavy (non-hydrogen) atoms. The molecule has 0 aliphatic carbocycles. The van der Waals surface area contributed by atoms with Crippen LogP contribution in [0, 0.1) is 24.1 Å². The van der Waals surface area contributed by atoms with E-state index in [1.54, 1.807) is 18.5 Å². The minimum Gasteiger partial charge on any atom is -0.349 e. The first-order valence-corrected chi connectivity index (χ1v) is 4.74. The molecule has 0 N–H and O–H groups in total. The van der Waals surface area contributed by atoms with Crippen molar-refractivity contribution in [3.8, 4) is 6.07 Å². The molecule has 3 nitrogen and oxygen atoms in total. The molecule has 1 heterocycles. The number of nitriles is 1. The van der Waals surface area contributed by atoms with Gasteiger partial charge in [-0.15, -0.1) is 0 Å². The molecule has 0 aliphatic heterocycles. The highest BCUT2D eigenvalue weighted by Gasteiger charge is 2.10. The first kappa shape index (κ1) is 10.4. The summed E-state index contributed by atoms with van der Waals surface area (Å²) in [5, 5.41) is 9.03. The van der Waals surface area contributed by atoms with E-state index in [2.05, 4.69) is 0 Å². The van der Waals surface area contributed by atoms with E-state index < -0.39 is 11.2 Å². The minimum atomic E-state index is -0.461. The van der Waals surface area contributed by atoms with Crippen molar-refractivity contribution >= 4 is 10.9 Å². The summed E-state index contributed by atoms with van der Waals surface area (Å²) in [6.07, 6.45) is 1.47. The minimum absolute atomic E-state index is 0.0278. The number of fused-ring (bicyclic) bond motifs is 1. The molecule has 0 fully saturated rings. The van der Waals surface area contributed by atoms with E-state index in [4.69, 9.17) is 5.26 Å². The van der Waals surface area contributed by atoms with Gasteiger partial charge in [-0.2, -0.15) is 5.26 Å². The fraction of sp³-hybridized carbons (Fsp3) is 0.167. The third kappa shape index (κ3) is 1.38. The molecule has 0 spiro atoms. The van der Waals surface area contributed by atoms with Crippen molar-refractivity contribution < 1.29 is 4.39 Å². The lowest BCUT2D eigenvalue weighted by molar-refractivity contribution is 0.628. The Morgan fingerprint density at radius 2 is 2.12 bits per heavy atom. The summed E-state index contributed by atoms with van der Waals surface area (Å²) in [7, 11) is 1.73. The highest BCUT2D eigenvalue weighted by Crippen LogP contribution is 2.17. The van der Waals surface area contributed by atoms with Gasteiger partial charge in [0.15, 0.2) is 0 Å². The van der Waals surface area contributed by atoms with Crippen molar-refractivity contribution in [3.05, 3.63) is 45.5 Å². The Hall–Kier alpha value is -2.15. The van der Waals surface area contributed by atoms with Crippen LogP contribution >= 0.6 is 0 Å². The zero-order valence-corrected chi connectivity index (χ0v) is 8.91. The fourth-order valence-corrected chi connectivity index (χ4v) is 1.92. The first-order chi connectivity index (χ1) is 7.54. The summed E-state index contributed by atoms with van der Waals surface area (Å²) < 4.78 is 14.9. The molecule has 2 aromatic rings. The topological polar surface area (TPSA) is 45.8 Å². The Kier molecular flexibility index (Phi) is 2.24. The van der Waals surface area contributed by atoms with Crippen LogP contribution in [0.5, 0.6) is 0 Å². The van der Waals surface area contributed by atoms with Gasteiger partial charge in [0, 0.05) is 13.2 Å². The number of benzene rings is 1. The van der Waals surface area contributed by atoms with Crippen LogP contribution in [0.4, 0.5) is 4.39 Å². The van der Waals surface area contributed by atoms with Crippen molar-refractivity contribution in [2.24, 2.45) is 7.05 Å². The van der Waals surface area contributed by atoms with Gasteiger partial charge in [0.25, 0.3) is 0 Å². The highest BCUT2D eigenvalue weighted by atomic mass is 19.1. The van der Waals surface area contributed by atoms with Gasteiger partial charge in [-0.05, 0) is 24.6 Å². The Bertz CT molecular complexity index is 680. The summed E-state index contributed by atoms with van der Waals surface area (Å²) in [5.74, 6) is -0.461. The molecule has 0 bridgehead atoms. The molecule has 1 aromatic carbocycles. The van der Waals surface area contributed by atoms with Crippen LogP contribution in [0.2, 0.25) is 0 Å². The van der Waals surface area contributed by atoms with E-state index in [-0.39, 0.29) is 10.9 Å². The molecule has 0 amide bonds. The second kappa shape index (κ2) is 3.46. The predicted molar refractivity (Wildman–Crippen MR) is 58.6 cm³/mol. The van der Waals surface area contributed by atoms with Crippen molar-refractivity contribution in [2.75, 3.05) is 0 Å². The summed E-state index contributed by atoms with van der Waals surface area (Å²) in [4.78, 5) is 11.8. The Morgan fingerprint density at radius 3 is 2.75 bits per heavy atom.